The SMILES string of the molecule is COc1ccc(NC(=O)Nc2noc3nc(C)c(Cl)c(C)c23)cc1. The monoisotopic (exact) mass is 346 g/mol. The minimum absolute atomic E-state index is 0.267. The number of aryl methyl sites for hydroxylation is 2. The molecule has 2 heterocycles. The first-order chi connectivity index (χ1) is 11.5. The number of fused-ring (bicyclic) bond motifs is 1. The molecule has 2 aromatic heterocycles. The smallest absolute Gasteiger partial charge is 0.324 e. The molecule has 0 aliphatic rings. The van der Waals surface area contributed by atoms with Crippen molar-refractivity contribution in [3.8, 4) is 5.75 Å². The zero-order valence-corrected chi connectivity index (χ0v) is 14.1. The Bertz CT molecular complexity index is 906. The number of aromatic nitrogens is 2. The van der Waals surface area contributed by atoms with Gasteiger partial charge in [0, 0.05) is 5.69 Å². The number of pyridine rings is 1. The van der Waals surface area contributed by atoms with E-state index in [0.717, 1.165) is 5.56 Å². The number of ether oxygens (including phenoxy) is 1. The highest BCUT2D eigenvalue weighted by atomic mass is 35.5. The Morgan fingerprint density at radius 2 is 1.92 bits per heavy atom. The van der Waals surface area contributed by atoms with E-state index in [0.29, 0.717) is 33.3 Å². The van der Waals surface area contributed by atoms with Gasteiger partial charge in [-0.2, -0.15) is 0 Å². The van der Waals surface area contributed by atoms with Gasteiger partial charge < -0.3 is 14.6 Å². The van der Waals surface area contributed by atoms with Crippen LogP contribution in [0.15, 0.2) is 28.8 Å². The molecular weight excluding hydrogens is 332 g/mol. The molecule has 0 aliphatic carbocycles. The van der Waals surface area contributed by atoms with Gasteiger partial charge in [0.1, 0.15) is 5.75 Å². The minimum atomic E-state index is -0.452. The zero-order valence-electron chi connectivity index (χ0n) is 13.3. The minimum Gasteiger partial charge on any atom is -0.497 e. The second-order valence-electron chi connectivity index (χ2n) is 5.16. The van der Waals surface area contributed by atoms with Crippen LogP contribution in [-0.2, 0) is 0 Å². The Hall–Kier alpha value is -2.80. The van der Waals surface area contributed by atoms with E-state index >= 15 is 0 Å². The normalized spacial score (nSPS) is 10.7. The Kier molecular flexibility index (Phi) is 4.26. The first-order valence-electron chi connectivity index (χ1n) is 7.13. The Morgan fingerprint density at radius 1 is 1.21 bits per heavy atom. The van der Waals surface area contributed by atoms with E-state index in [1.165, 1.54) is 0 Å². The molecule has 1 aromatic carbocycles. The quantitative estimate of drug-likeness (QED) is 0.743. The molecule has 2 N–H and O–H groups in total. The largest absolute Gasteiger partial charge is 0.497 e. The van der Waals surface area contributed by atoms with E-state index in [9.17, 15) is 4.79 Å². The molecule has 124 valence electrons. The Morgan fingerprint density at radius 3 is 2.58 bits per heavy atom. The van der Waals surface area contributed by atoms with E-state index < -0.39 is 6.03 Å². The molecule has 3 aromatic rings. The summed E-state index contributed by atoms with van der Waals surface area (Å²) < 4.78 is 10.2. The second kappa shape index (κ2) is 6.37. The third-order valence-corrected chi connectivity index (χ3v) is 4.10. The van der Waals surface area contributed by atoms with Crippen LogP contribution in [-0.4, -0.2) is 23.3 Å². The number of hydrogen-bond acceptors (Lipinski definition) is 5. The topological polar surface area (TPSA) is 89.3 Å². The van der Waals surface area contributed by atoms with E-state index in [4.69, 9.17) is 20.9 Å². The molecule has 24 heavy (non-hydrogen) atoms. The number of benzene rings is 1. The maximum atomic E-state index is 12.2. The number of amides is 2. The molecular formula is C16H15ClN4O3. The lowest BCUT2D eigenvalue weighted by molar-refractivity contribution is 0.262. The predicted molar refractivity (Wildman–Crippen MR) is 91.9 cm³/mol. The molecule has 8 heteroatoms. The third kappa shape index (κ3) is 2.98. The summed E-state index contributed by atoms with van der Waals surface area (Å²) in [5.41, 5.74) is 2.34. The van der Waals surface area contributed by atoms with Crippen LogP contribution in [0.1, 0.15) is 11.3 Å². The molecule has 7 nitrogen and oxygen atoms in total. The van der Waals surface area contributed by atoms with Crippen LogP contribution in [0.25, 0.3) is 11.1 Å². The Labute approximate surface area is 142 Å². The molecule has 0 fully saturated rings. The number of urea groups is 1. The molecule has 3 rings (SSSR count). The zero-order chi connectivity index (χ0) is 17.3. The third-order valence-electron chi connectivity index (χ3n) is 3.55. The standard InChI is InChI=1S/C16H15ClN4O3/c1-8-12-14(21-24-15(12)18-9(2)13(8)17)20-16(22)19-10-4-6-11(23-3)7-5-10/h4-7H,1-3H3,(H2,19,20,21,22). The fourth-order valence-electron chi connectivity index (χ4n) is 2.31. The van der Waals surface area contributed by atoms with Gasteiger partial charge >= 0.3 is 6.03 Å². The number of rotatable bonds is 3. The van der Waals surface area contributed by atoms with Crippen LogP contribution in [0.2, 0.25) is 5.02 Å². The van der Waals surface area contributed by atoms with Gasteiger partial charge in [0.2, 0.25) is 0 Å². The summed E-state index contributed by atoms with van der Waals surface area (Å²) in [5.74, 6) is 0.970. The number of nitrogens with zero attached hydrogens (tertiary/aromatic N) is 2. The van der Waals surface area contributed by atoms with Crippen molar-refractivity contribution in [2.24, 2.45) is 0 Å². The molecule has 0 aliphatic heterocycles. The first kappa shape index (κ1) is 16.1. The lowest BCUT2D eigenvalue weighted by Gasteiger charge is -2.07. The van der Waals surface area contributed by atoms with E-state index in [1.54, 1.807) is 38.3 Å². The number of hydrogen-bond donors (Lipinski definition) is 2. The molecule has 2 amide bonds. The van der Waals surface area contributed by atoms with Crippen molar-refractivity contribution in [1.82, 2.24) is 10.1 Å². The van der Waals surface area contributed by atoms with Gasteiger partial charge in [0.15, 0.2) is 5.82 Å². The van der Waals surface area contributed by atoms with Crippen LogP contribution in [0, 0.1) is 13.8 Å². The van der Waals surface area contributed by atoms with Crippen molar-refractivity contribution in [3.63, 3.8) is 0 Å². The molecule has 0 saturated carbocycles. The summed E-state index contributed by atoms with van der Waals surface area (Å²) in [6.45, 7) is 3.60. The van der Waals surface area contributed by atoms with Gasteiger partial charge in [0.05, 0.1) is 23.2 Å². The summed E-state index contributed by atoms with van der Waals surface area (Å²) in [7, 11) is 1.58. The maximum absolute atomic E-state index is 12.2. The van der Waals surface area contributed by atoms with Crippen molar-refractivity contribution in [2.75, 3.05) is 17.7 Å². The highest BCUT2D eigenvalue weighted by molar-refractivity contribution is 6.33. The summed E-state index contributed by atoms with van der Waals surface area (Å²) in [4.78, 5) is 16.4. The highest BCUT2D eigenvalue weighted by Gasteiger charge is 2.18. The molecule has 0 bridgehead atoms. The average Bonchev–Trinajstić information content (AvgIpc) is 2.95. The van der Waals surface area contributed by atoms with Gasteiger partial charge in [-0.05, 0) is 43.7 Å². The van der Waals surface area contributed by atoms with Crippen molar-refractivity contribution >= 4 is 40.2 Å². The number of methoxy groups -OCH3 is 1. The van der Waals surface area contributed by atoms with Gasteiger partial charge in [-0.25, -0.2) is 9.78 Å². The van der Waals surface area contributed by atoms with E-state index in [2.05, 4.69) is 20.8 Å². The van der Waals surface area contributed by atoms with Crippen molar-refractivity contribution < 1.29 is 14.1 Å². The van der Waals surface area contributed by atoms with Crippen molar-refractivity contribution in [2.45, 2.75) is 13.8 Å². The highest BCUT2D eigenvalue weighted by Crippen LogP contribution is 2.31. The van der Waals surface area contributed by atoms with Crippen LogP contribution < -0.4 is 15.4 Å². The molecule has 0 spiro atoms. The van der Waals surface area contributed by atoms with E-state index in [-0.39, 0.29) is 5.82 Å². The summed E-state index contributed by atoms with van der Waals surface area (Å²) in [6.07, 6.45) is 0. The van der Waals surface area contributed by atoms with Gasteiger partial charge in [-0.3, -0.25) is 5.32 Å². The molecule has 0 saturated heterocycles. The fourth-order valence-corrected chi connectivity index (χ4v) is 2.44. The van der Waals surface area contributed by atoms with Gasteiger partial charge in [0.25, 0.3) is 5.71 Å². The fraction of sp³-hybridized carbons (Fsp3) is 0.188. The Balaban J connectivity index is 1.81. The van der Waals surface area contributed by atoms with Crippen LogP contribution >= 0.6 is 11.6 Å². The summed E-state index contributed by atoms with van der Waals surface area (Å²) in [5, 5.41) is 10.3. The van der Waals surface area contributed by atoms with Crippen molar-refractivity contribution in [1.29, 1.82) is 0 Å². The van der Waals surface area contributed by atoms with E-state index in [1.807, 2.05) is 6.92 Å². The maximum Gasteiger partial charge on any atom is 0.324 e. The average molecular weight is 347 g/mol. The van der Waals surface area contributed by atoms with Crippen molar-refractivity contribution in [3.05, 3.63) is 40.5 Å². The number of carbonyl (C=O) groups is 1. The van der Waals surface area contributed by atoms with Crippen LogP contribution in [0.4, 0.5) is 16.3 Å². The van der Waals surface area contributed by atoms with Gasteiger partial charge in [-0.1, -0.05) is 16.8 Å². The number of anilines is 2. The second-order valence-corrected chi connectivity index (χ2v) is 5.53. The number of halogens is 1. The summed E-state index contributed by atoms with van der Waals surface area (Å²) in [6, 6.07) is 6.50. The lowest BCUT2D eigenvalue weighted by Crippen LogP contribution is -2.19. The summed E-state index contributed by atoms with van der Waals surface area (Å²) >= 11 is 6.21. The molecule has 0 atom stereocenters. The lowest BCUT2D eigenvalue weighted by atomic mass is 10.2. The van der Waals surface area contributed by atoms with Crippen LogP contribution in [0.5, 0.6) is 5.75 Å². The van der Waals surface area contributed by atoms with Gasteiger partial charge in [-0.15, -0.1) is 0 Å². The predicted octanol–water partition coefficient (Wildman–Crippen LogP) is 4.15. The molecule has 0 unspecified atom stereocenters. The number of carbonyl (C=O) groups excluding carboxylic acids is 1. The first-order valence-corrected chi connectivity index (χ1v) is 7.51. The van der Waals surface area contributed by atoms with Crippen LogP contribution in [0.3, 0.4) is 0 Å². The molecule has 0 radical (unpaired) electrons. The number of nitrogens with one attached hydrogen (secondary N) is 2.